The van der Waals surface area contributed by atoms with E-state index in [1.54, 1.807) is 5.38 Å². The molecule has 1 N–H and O–H groups in total. The minimum absolute atomic E-state index is 0.00569. The summed E-state index contributed by atoms with van der Waals surface area (Å²) in [5.74, 6) is 1.70. The van der Waals surface area contributed by atoms with E-state index in [9.17, 15) is 4.79 Å². The summed E-state index contributed by atoms with van der Waals surface area (Å²) in [6.07, 6.45) is 4.25. The highest BCUT2D eigenvalue weighted by molar-refractivity contribution is 7.14. The molecular formula is C20H25N7OS. The first-order valence-corrected chi connectivity index (χ1v) is 11.0. The zero-order valence-corrected chi connectivity index (χ0v) is 17.4. The molecule has 4 rings (SSSR count). The Balaban J connectivity index is 1.47. The Morgan fingerprint density at radius 3 is 2.90 bits per heavy atom. The van der Waals surface area contributed by atoms with E-state index in [0.29, 0.717) is 34.9 Å². The van der Waals surface area contributed by atoms with Crippen LogP contribution in [0.5, 0.6) is 0 Å². The summed E-state index contributed by atoms with van der Waals surface area (Å²) >= 11 is 1.41. The second kappa shape index (κ2) is 8.84. The van der Waals surface area contributed by atoms with Crippen molar-refractivity contribution < 1.29 is 4.79 Å². The zero-order chi connectivity index (χ0) is 20.2. The van der Waals surface area contributed by atoms with Crippen LogP contribution in [0.15, 0.2) is 11.4 Å². The van der Waals surface area contributed by atoms with E-state index in [1.807, 2.05) is 17.9 Å². The quantitative estimate of drug-likeness (QED) is 0.755. The van der Waals surface area contributed by atoms with Crippen LogP contribution in [0.4, 0.5) is 10.9 Å². The fourth-order valence-corrected chi connectivity index (χ4v) is 4.72. The number of hydrogen-bond acceptors (Lipinski definition) is 8. The third kappa shape index (κ3) is 4.71. The van der Waals surface area contributed by atoms with Crippen molar-refractivity contribution in [2.24, 2.45) is 0 Å². The highest BCUT2D eigenvalue weighted by Gasteiger charge is 2.24. The molecule has 2 aromatic rings. The van der Waals surface area contributed by atoms with Gasteiger partial charge in [-0.2, -0.15) is 5.26 Å². The minimum Gasteiger partial charge on any atom is -0.337 e. The van der Waals surface area contributed by atoms with E-state index in [2.05, 4.69) is 31.2 Å². The van der Waals surface area contributed by atoms with Crippen LogP contribution in [0, 0.1) is 18.3 Å². The predicted molar refractivity (Wildman–Crippen MR) is 111 cm³/mol. The highest BCUT2D eigenvalue weighted by Crippen LogP contribution is 2.28. The number of hydrogen-bond donors (Lipinski definition) is 1. The molecule has 8 nitrogen and oxygen atoms in total. The van der Waals surface area contributed by atoms with Gasteiger partial charge in [0.25, 0.3) is 5.91 Å². The lowest BCUT2D eigenvalue weighted by Crippen LogP contribution is -2.35. The molecule has 0 bridgehead atoms. The average molecular weight is 412 g/mol. The highest BCUT2D eigenvalue weighted by atomic mass is 32.1. The molecule has 2 fully saturated rings. The van der Waals surface area contributed by atoms with E-state index >= 15 is 0 Å². The van der Waals surface area contributed by atoms with Gasteiger partial charge in [-0.1, -0.05) is 0 Å². The molecule has 2 saturated heterocycles. The molecule has 0 unspecified atom stereocenters. The number of amides is 1. The summed E-state index contributed by atoms with van der Waals surface area (Å²) in [5.41, 5.74) is 1.48. The second-order valence-electron chi connectivity index (χ2n) is 7.62. The molecule has 2 aliphatic heterocycles. The largest absolute Gasteiger partial charge is 0.337 e. The molecule has 4 heterocycles. The number of piperidine rings is 1. The van der Waals surface area contributed by atoms with Gasteiger partial charge in [-0.05, 0) is 39.2 Å². The summed E-state index contributed by atoms with van der Waals surface area (Å²) in [6.45, 7) is 5.78. The zero-order valence-electron chi connectivity index (χ0n) is 16.6. The van der Waals surface area contributed by atoms with Crippen LogP contribution < -0.4 is 5.32 Å². The smallest absolute Gasteiger partial charge is 0.273 e. The first-order valence-electron chi connectivity index (χ1n) is 10.1. The van der Waals surface area contributed by atoms with Gasteiger partial charge in [0.1, 0.15) is 17.3 Å². The molecule has 1 atom stereocenters. The predicted octanol–water partition coefficient (Wildman–Crippen LogP) is 2.92. The topological polar surface area (TPSA) is 98.0 Å². The molecule has 0 aromatic carbocycles. The van der Waals surface area contributed by atoms with Crippen LogP contribution in [0.2, 0.25) is 0 Å². The molecule has 1 amide bonds. The van der Waals surface area contributed by atoms with Crippen molar-refractivity contribution >= 4 is 28.2 Å². The summed E-state index contributed by atoms with van der Waals surface area (Å²) in [4.78, 5) is 30.1. The number of nitriles is 1. The van der Waals surface area contributed by atoms with Crippen LogP contribution >= 0.6 is 11.3 Å². The van der Waals surface area contributed by atoms with Crippen LogP contribution in [0.3, 0.4) is 0 Å². The fourth-order valence-electron chi connectivity index (χ4n) is 4.03. The number of nitrogens with one attached hydrogen (secondary N) is 1. The van der Waals surface area contributed by atoms with Gasteiger partial charge in [-0.3, -0.25) is 9.69 Å². The third-order valence-electron chi connectivity index (χ3n) is 5.43. The van der Waals surface area contributed by atoms with Gasteiger partial charge in [-0.25, -0.2) is 15.0 Å². The molecule has 29 heavy (non-hydrogen) atoms. The average Bonchev–Trinajstić information content (AvgIpc) is 3.40. The number of anilines is 2. The summed E-state index contributed by atoms with van der Waals surface area (Å²) in [7, 11) is 0. The van der Waals surface area contributed by atoms with Crippen LogP contribution in [-0.2, 0) is 0 Å². The number of aryl methyl sites for hydroxylation is 1. The van der Waals surface area contributed by atoms with Gasteiger partial charge in [0.2, 0.25) is 0 Å². The lowest BCUT2D eigenvalue weighted by atomic mass is 9.94. The van der Waals surface area contributed by atoms with E-state index in [4.69, 9.17) is 5.26 Å². The first kappa shape index (κ1) is 19.7. The Kier molecular flexibility index (Phi) is 6.02. The van der Waals surface area contributed by atoms with Crippen molar-refractivity contribution in [2.45, 2.75) is 38.5 Å². The lowest BCUT2D eigenvalue weighted by molar-refractivity contribution is 0.0788. The van der Waals surface area contributed by atoms with Gasteiger partial charge in [0.15, 0.2) is 5.13 Å². The van der Waals surface area contributed by atoms with E-state index in [1.165, 1.54) is 11.3 Å². The Morgan fingerprint density at radius 2 is 2.10 bits per heavy atom. The van der Waals surface area contributed by atoms with Gasteiger partial charge in [0, 0.05) is 37.0 Å². The van der Waals surface area contributed by atoms with Crippen molar-refractivity contribution in [3.8, 4) is 6.07 Å². The number of aromatic nitrogens is 3. The maximum atomic E-state index is 12.5. The molecule has 9 heteroatoms. The molecule has 2 aliphatic rings. The second-order valence-corrected chi connectivity index (χ2v) is 8.48. The van der Waals surface area contributed by atoms with Crippen molar-refractivity contribution in [3.63, 3.8) is 0 Å². The number of nitrogens with zero attached hydrogens (tertiary/aromatic N) is 6. The van der Waals surface area contributed by atoms with Gasteiger partial charge < -0.3 is 10.2 Å². The molecule has 152 valence electrons. The van der Waals surface area contributed by atoms with Crippen molar-refractivity contribution in [2.75, 3.05) is 38.0 Å². The maximum absolute atomic E-state index is 12.5. The Hall–Kier alpha value is -2.57. The first-order chi connectivity index (χ1) is 14.1. The standard InChI is InChI=1S/C20H25N7OS/c1-14-22-16(15-5-4-7-26(12-15)10-6-21)11-18(23-14)25-20-24-17(13-29-20)19(28)27-8-2-3-9-27/h11,13,15H,2-5,7-10,12H2,1H3,(H,22,23,24,25)/t15-/m1/s1. The van der Waals surface area contributed by atoms with E-state index in [0.717, 1.165) is 57.6 Å². The molecular weight excluding hydrogens is 386 g/mol. The monoisotopic (exact) mass is 411 g/mol. The van der Waals surface area contributed by atoms with E-state index in [-0.39, 0.29) is 5.91 Å². The fraction of sp³-hybridized carbons (Fsp3) is 0.550. The third-order valence-corrected chi connectivity index (χ3v) is 6.19. The number of thiazole rings is 1. The molecule has 2 aromatic heterocycles. The molecule has 0 spiro atoms. The van der Waals surface area contributed by atoms with Crippen molar-refractivity contribution in [3.05, 3.63) is 28.7 Å². The molecule has 0 radical (unpaired) electrons. The van der Waals surface area contributed by atoms with Gasteiger partial charge in [-0.15, -0.1) is 11.3 Å². The van der Waals surface area contributed by atoms with Crippen LogP contribution in [0.1, 0.15) is 53.6 Å². The number of likely N-dealkylation sites (tertiary alicyclic amines) is 2. The lowest BCUT2D eigenvalue weighted by Gasteiger charge is -2.30. The number of carbonyl (C=O) groups is 1. The maximum Gasteiger partial charge on any atom is 0.273 e. The summed E-state index contributed by atoms with van der Waals surface area (Å²) in [5, 5.41) is 14.7. The van der Waals surface area contributed by atoms with Crippen LogP contribution in [-0.4, -0.2) is 63.4 Å². The van der Waals surface area contributed by atoms with Crippen molar-refractivity contribution in [1.82, 2.24) is 24.8 Å². The Morgan fingerprint density at radius 1 is 1.28 bits per heavy atom. The van der Waals surface area contributed by atoms with E-state index < -0.39 is 0 Å². The molecule has 0 aliphatic carbocycles. The SMILES string of the molecule is Cc1nc(Nc2nc(C(=O)N3CCCC3)cs2)cc([C@@H]2CCCN(CC#N)C2)n1. The Labute approximate surface area is 174 Å². The van der Waals surface area contributed by atoms with Crippen molar-refractivity contribution in [1.29, 1.82) is 5.26 Å². The Bertz CT molecular complexity index is 916. The van der Waals surface area contributed by atoms with Crippen LogP contribution in [0.25, 0.3) is 0 Å². The normalized spacial score (nSPS) is 19.9. The summed E-state index contributed by atoms with van der Waals surface area (Å²) in [6, 6.07) is 4.21. The summed E-state index contributed by atoms with van der Waals surface area (Å²) < 4.78 is 0. The molecule has 0 saturated carbocycles. The minimum atomic E-state index is 0.00569. The number of rotatable bonds is 5. The van der Waals surface area contributed by atoms with Gasteiger partial charge in [0.05, 0.1) is 18.3 Å². The number of carbonyl (C=O) groups excluding carboxylic acids is 1. The van der Waals surface area contributed by atoms with Gasteiger partial charge >= 0.3 is 0 Å².